The Morgan fingerprint density at radius 1 is 1.12 bits per heavy atom. The van der Waals surface area contributed by atoms with Crippen molar-refractivity contribution in [3.63, 3.8) is 0 Å². The number of urea groups is 1. The first-order chi connectivity index (χ1) is 12.5. The van der Waals surface area contributed by atoms with E-state index in [0.29, 0.717) is 16.9 Å². The summed E-state index contributed by atoms with van der Waals surface area (Å²) in [5.74, 6) is -2.74. The number of halogens is 1. The van der Waals surface area contributed by atoms with Gasteiger partial charge in [0.15, 0.2) is 5.92 Å². The van der Waals surface area contributed by atoms with E-state index in [1.165, 1.54) is 0 Å². The predicted molar refractivity (Wildman–Crippen MR) is 98.0 cm³/mol. The second-order valence-electron chi connectivity index (χ2n) is 5.33. The molecule has 0 aliphatic carbocycles. The van der Waals surface area contributed by atoms with Crippen molar-refractivity contribution in [2.24, 2.45) is 10.9 Å². The molecule has 1 aliphatic rings. The summed E-state index contributed by atoms with van der Waals surface area (Å²) in [5, 5.41) is 11.2. The van der Waals surface area contributed by atoms with E-state index in [1.54, 1.807) is 48.5 Å². The molecule has 1 atom stereocenters. The molecule has 128 valence electrons. The third-order valence-electron chi connectivity index (χ3n) is 3.67. The van der Waals surface area contributed by atoms with Crippen molar-refractivity contribution < 1.29 is 14.4 Å². The van der Waals surface area contributed by atoms with Crippen LogP contribution in [0.5, 0.6) is 0 Å². The van der Waals surface area contributed by atoms with Crippen LogP contribution in [0.1, 0.15) is 5.56 Å². The fraction of sp³-hybridized carbons (Fsp3) is 0.0556. The molecule has 0 saturated carbocycles. The van der Waals surface area contributed by atoms with Crippen molar-refractivity contribution in [2.75, 3.05) is 4.90 Å². The molecule has 1 N–H and O–H groups in total. The average molecular weight is 411 g/mol. The lowest BCUT2D eigenvalue weighted by Crippen LogP contribution is -2.58. The normalized spacial score (nSPS) is 17.3. The number of hydrogen-bond acceptors (Lipinski definition) is 5. The summed E-state index contributed by atoms with van der Waals surface area (Å²) in [7, 11) is 0. The Kier molecular flexibility index (Phi) is 4.91. The molecule has 1 heterocycles. The van der Waals surface area contributed by atoms with Crippen LogP contribution >= 0.6 is 15.9 Å². The highest BCUT2D eigenvalue weighted by atomic mass is 79.9. The Morgan fingerprint density at radius 2 is 1.81 bits per heavy atom. The number of aliphatic imine (C=N–C) groups is 1. The van der Waals surface area contributed by atoms with Gasteiger partial charge in [-0.1, -0.05) is 28.1 Å². The number of nitrogens with zero attached hydrogens (tertiary/aromatic N) is 3. The van der Waals surface area contributed by atoms with Gasteiger partial charge in [-0.05, 0) is 36.4 Å². The predicted octanol–water partition coefficient (Wildman–Crippen LogP) is 2.92. The molecule has 7 nitrogen and oxygen atoms in total. The van der Waals surface area contributed by atoms with Crippen LogP contribution in [-0.4, -0.2) is 24.1 Å². The lowest BCUT2D eigenvalue weighted by molar-refractivity contribution is -0.131. The van der Waals surface area contributed by atoms with Crippen molar-refractivity contribution in [2.45, 2.75) is 0 Å². The summed E-state index contributed by atoms with van der Waals surface area (Å²) in [6.07, 6.45) is 1.14. The molecular weight excluding hydrogens is 400 g/mol. The van der Waals surface area contributed by atoms with Gasteiger partial charge in [-0.3, -0.25) is 19.9 Å². The Hall–Kier alpha value is -3.31. The van der Waals surface area contributed by atoms with Gasteiger partial charge in [0.05, 0.1) is 16.9 Å². The molecule has 0 aromatic heterocycles. The molecule has 2 aromatic carbocycles. The number of rotatable bonds is 3. The van der Waals surface area contributed by atoms with Gasteiger partial charge in [-0.25, -0.2) is 9.69 Å². The summed E-state index contributed by atoms with van der Waals surface area (Å²) in [4.78, 5) is 41.8. The van der Waals surface area contributed by atoms with E-state index >= 15 is 0 Å². The minimum atomic E-state index is -1.27. The summed E-state index contributed by atoms with van der Waals surface area (Å²) in [5.41, 5.74) is 0.981. The summed E-state index contributed by atoms with van der Waals surface area (Å²) in [6, 6.07) is 14.2. The number of imide groups is 2. The molecule has 1 saturated heterocycles. The third-order valence-corrected chi connectivity index (χ3v) is 4.20. The number of nitriles is 1. The second kappa shape index (κ2) is 7.29. The zero-order chi connectivity index (χ0) is 18.7. The van der Waals surface area contributed by atoms with E-state index < -0.39 is 23.8 Å². The maximum Gasteiger partial charge on any atom is 0.335 e. The minimum absolute atomic E-state index is 0.313. The molecule has 4 amide bonds. The highest BCUT2D eigenvalue weighted by Gasteiger charge is 2.40. The molecule has 1 fully saturated rings. The molecule has 0 unspecified atom stereocenters. The van der Waals surface area contributed by atoms with E-state index in [9.17, 15) is 14.4 Å². The number of nitrogens with one attached hydrogen (secondary N) is 1. The first-order valence-electron chi connectivity index (χ1n) is 7.49. The Balaban J connectivity index is 1.92. The molecule has 3 rings (SSSR count). The van der Waals surface area contributed by atoms with Crippen LogP contribution in [0.2, 0.25) is 0 Å². The van der Waals surface area contributed by atoms with E-state index in [0.717, 1.165) is 15.6 Å². The summed E-state index contributed by atoms with van der Waals surface area (Å²) < 4.78 is 0.786. The molecule has 0 spiro atoms. The van der Waals surface area contributed by atoms with E-state index in [2.05, 4.69) is 26.2 Å². The van der Waals surface area contributed by atoms with Crippen molar-refractivity contribution in [3.8, 4) is 6.07 Å². The number of amides is 4. The lowest BCUT2D eigenvalue weighted by Gasteiger charge is -2.28. The monoisotopic (exact) mass is 410 g/mol. The summed E-state index contributed by atoms with van der Waals surface area (Å²) in [6.45, 7) is 0. The zero-order valence-electron chi connectivity index (χ0n) is 13.2. The van der Waals surface area contributed by atoms with Crippen LogP contribution < -0.4 is 10.2 Å². The fourth-order valence-electron chi connectivity index (χ4n) is 2.39. The fourth-order valence-corrected chi connectivity index (χ4v) is 2.66. The van der Waals surface area contributed by atoms with Crippen LogP contribution in [0, 0.1) is 17.2 Å². The molecule has 26 heavy (non-hydrogen) atoms. The first-order valence-corrected chi connectivity index (χ1v) is 8.28. The largest absolute Gasteiger partial charge is 0.335 e. The van der Waals surface area contributed by atoms with Crippen LogP contribution in [0.15, 0.2) is 58.0 Å². The van der Waals surface area contributed by atoms with Gasteiger partial charge in [-0.15, -0.1) is 0 Å². The average Bonchev–Trinajstić information content (AvgIpc) is 2.63. The first kappa shape index (κ1) is 17.5. The topological polar surface area (TPSA) is 103 Å². The molecular formula is C18H11BrN4O3. The van der Waals surface area contributed by atoms with Gasteiger partial charge in [0.2, 0.25) is 5.91 Å². The Labute approximate surface area is 157 Å². The second-order valence-corrected chi connectivity index (χ2v) is 6.24. The maximum atomic E-state index is 12.7. The number of barbiturate groups is 1. The van der Waals surface area contributed by atoms with Crippen LogP contribution in [-0.2, 0) is 9.59 Å². The van der Waals surface area contributed by atoms with E-state index in [4.69, 9.17) is 5.26 Å². The van der Waals surface area contributed by atoms with Crippen molar-refractivity contribution >= 4 is 51.4 Å². The highest BCUT2D eigenvalue weighted by Crippen LogP contribution is 2.23. The number of para-hydroxylation sites is 1. The van der Waals surface area contributed by atoms with E-state index in [1.807, 2.05) is 6.07 Å². The van der Waals surface area contributed by atoms with E-state index in [-0.39, 0.29) is 0 Å². The van der Waals surface area contributed by atoms with Crippen LogP contribution in [0.3, 0.4) is 0 Å². The number of carbonyl (C=O) groups excluding carboxylic acids is 3. The number of anilines is 1. The van der Waals surface area contributed by atoms with Crippen molar-refractivity contribution in [1.82, 2.24) is 5.32 Å². The standard InChI is InChI=1S/C18H11BrN4O3/c19-12-5-7-13(8-6-12)23-17(25)14(16(24)22-18(23)26)10-21-15-4-2-1-3-11(15)9-20/h1-8,10,14H,(H,22,24,26)/t14-/m0/s1. The van der Waals surface area contributed by atoms with Gasteiger partial charge in [-0.2, -0.15) is 5.26 Å². The van der Waals surface area contributed by atoms with Gasteiger partial charge in [0.1, 0.15) is 6.07 Å². The van der Waals surface area contributed by atoms with Gasteiger partial charge in [0, 0.05) is 10.7 Å². The molecule has 0 radical (unpaired) electrons. The molecule has 8 heteroatoms. The quantitative estimate of drug-likeness (QED) is 0.620. The minimum Gasteiger partial charge on any atom is -0.276 e. The highest BCUT2D eigenvalue weighted by molar-refractivity contribution is 9.10. The van der Waals surface area contributed by atoms with Gasteiger partial charge >= 0.3 is 6.03 Å². The van der Waals surface area contributed by atoms with Crippen molar-refractivity contribution in [3.05, 3.63) is 58.6 Å². The van der Waals surface area contributed by atoms with Crippen molar-refractivity contribution in [1.29, 1.82) is 5.26 Å². The molecule has 2 aromatic rings. The van der Waals surface area contributed by atoms with Gasteiger partial charge in [0.25, 0.3) is 5.91 Å². The lowest BCUT2D eigenvalue weighted by atomic mass is 10.1. The van der Waals surface area contributed by atoms with Gasteiger partial charge < -0.3 is 0 Å². The Bertz CT molecular complexity index is 963. The Morgan fingerprint density at radius 3 is 2.50 bits per heavy atom. The SMILES string of the molecule is N#Cc1ccccc1N=C[C@H]1C(=O)NC(=O)N(c2ccc(Br)cc2)C1=O. The number of hydrogen-bond donors (Lipinski definition) is 1. The smallest absolute Gasteiger partial charge is 0.276 e. The zero-order valence-corrected chi connectivity index (χ0v) is 14.8. The third kappa shape index (κ3) is 3.38. The molecule has 0 bridgehead atoms. The van der Waals surface area contributed by atoms with Crippen LogP contribution in [0.4, 0.5) is 16.2 Å². The summed E-state index contributed by atoms with van der Waals surface area (Å²) >= 11 is 3.28. The number of benzene rings is 2. The molecule has 1 aliphatic heterocycles. The number of carbonyl (C=O) groups is 3. The maximum absolute atomic E-state index is 12.7. The van der Waals surface area contributed by atoms with Crippen LogP contribution in [0.25, 0.3) is 0 Å².